The second-order valence-corrected chi connectivity index (χ2v) is 9.69. The van der Waals surface area contributed by atoms with Crippen LogP contribution in [0.2, 0.25) is 0 Å². The lowest BCUT2D eigenvalue weighted by Gasteiger charge is -2.36. The number of pyridine rings is 1. The molecule has 1 N–H and O–H groups in total. The van der Waals surface area contributed by atoms with E-state index in [1.165, 1.54) is 10.8 Å². The zero-order valence-electron chi connectivity index (χ0n) is 20.1. The molecule has 180 valence electrons. The topological polar surface area (TPSA) is 57.2 Å². The lowest BCUT2D eigenvalue weighted by Crippen LogP contribution is -2.50. The van der Waals surface area contributed by atoms with Crippen LogP contribution in [-0.2, 0) is 0 Å². The van der Waals surface area contributed by atoms with E-state index in [9.17, 15) is 0 Å². The van der Waals surface area contributed by atoms with Crippen LogP contribution in [0.15, 0.2) is 91.1 Å². The number of nitrogens with zero attached hydrogens (tertiary/aromatic N) is 5. The number of nitrogens with one attached hydrogen (secondary N) is 1. The summed E-state index contributed by atoms with van der Waals surface area (Å²) in [5, 5.41) is 8.79. The maximum absolute atomic E-state index is 5.77. The zero-order valence-corrected chi connectivity index (χ0v) is 20.9. The summed E-state index contributed by atoms with van der Waals surface area (Å²) in [6, 6.07) is 29.0. The molecule has 0 amide bonds. The maximum atomic E-state index is 5.77. The van der Waals surface area contributed by atoms with E-state index in [4.69, 9.17) is 22.2 Å². The summed E-state index contributed by atoms with van der Waals surface area (Å²) in [6.07, 6.45) is 1.84. The van der Waals surface area contributed by atoms with Crippen LogP contribution in [0.1, 0.15) is 0 Å². The van der Waals surface area contributed by atoms with Crippen molar-refractivity contribution in [3.63, 3.8) is 0 Å². The highest BCUT2D eigenvalue weighted by Gasteiger charge is 2.20. The minimum absolute atomic E-state index is 0.727. The van der Waals surface area contributed by atoms with Gasteiger partial charge in [0.15, 0.2) is 5.11 Å². The molecule has 4 aromatic carbocycles. The Balaban J connectivity index is 1.19. The molecule has 6 nitrogen and oxygen atoms in total. The number of piperazine rings is 1. The smallest absolute Gasteiger partial charge is 0.173 e. The first-order valence-electron chi connectivity index (χ1n) is 12.5. The Labute approximate surface area is 219 Å². The van der Waals surface area contributed by atoms with E-state index in [0.717, 1.165) is 75.6 Å². The van der Waals surface area contributed by atoms with Crippen LogP contribution in [-0.4, -0.2) is 51.1 Å². The van der Waals surface area contributed by atoms with Crippen LogP contribution in [0.25, 0.3) is 43.6 Å². The van der Waals surface area contributed by atoms with Gasteiger partial charge in [-0.1, -0.05) is 54.6 Å². The molecule has 6 aromatic rings. The van der Waals surface area contributed by atoms with E-state index in [-0.39, 0.29) is 0 Å². The van der Waals surface area contributed by atoms with E-state index in [2.05, 4.69) is 74.7 Å². The second-order valence-electron chi connectivity index (χ2n) is 9.31. The van der Waals surface area contributed by atoms with Crippen LogP contribution in [0.3, 0.4) is 0 Å². The molecule has 1 aliphatic heterocycles. The summed E-state index contributed by atoms with van der Waals surface area (Å²) in [5.74, 6) is 1.02. The Kier molecular flexibility index (Phi) is 5.29. The van der Waals surface area contributed by atoms with Crippen molar-refractivity contribution in [2.45, 2.75) is 0 Å². The molecule has 0 unspecified atom stereocenters. The Morgan fingerprint density at radius 2 is 1.30 bits per heavy atom. The molecule has 2 aromatic heterocycles. The van der Waals surface area contributed by atoms with Crippen LogP contribution in [0.4, 0.5) is 11.5 Å². The monoisotopic (exact) mass is 500 g/mol. The van der Waals surface area contributed by atoms with Gasteiger partial charge in [0.25, 0.3) is 0 Å². The Morgan fingerprint density at radius 3 is 1.95 bits per heavy atom. The van der Waals surface area contributed by atoms with Crippen LogP contribution in [0, 0.1) is 0 Å². The first kappa shape index (κ1) is 21.9. The van der Waals surface area contributed by atoms with E-state index < -0.39 is 0 Å². The van der Waals surface area contributed by atoms with Gasteiger partial charge in [-0.15, -0.1) is 0 Å². The Morgan fingerprint density at radius 1 is 0.676 bits per heavy atom. The van der Waals surface area contributed by atoms with Crippen LogP contribution in [0.5, 0.6) is 0 Å². The fourth-order valence-electron chi connectivity index (χ4n) is 5.24. The van der Waals surface area contributed by atoms with Gasteiger partial charge < -0.3 is 15.1 Å². The number of hydrogen-bond acceptors (Lipinski definition) is 5. The molecule has 7 heteroatoms. The summed E-state index contributed by atoms with van der Waals surface area (Å²) >= 11 is 5.77. The summed E-state index contributed by atoms with van der Waals surface area (Å²) in [6.45, 7) is 3.46. The summed E-state index contributed by atoms with van der Waals surface area (Å²) in [5.41, 5.74) is 4.49. The predicted molar refractivity (Wildman–Crippen MR) is 156 cm³/mol. The quantitative estimate of drug-likeness (QED) is 0.178. The molecule has 1 saturated heterocycles. The van der Waals surface area contributed by atoms with E-state index in [1.54, 1.807) is 0 Å². The molecule has 0 aliphatic carbocycles. The fraction of sp³-hybridized carbons (Fsp3) is 0.133. The third kappa shape index (κ3) is 3.88. The Bertz CT molecular complexity index is 1800. The number of aromatic nitrogens is 3. The number of anilines is 2. The number of thiocarbonyl (C=S) groups is 1. The number of benzene rings is 4. The molecule has 0 radical (unpaired) electrons. The minimum Gasteiger partial charge on any atom is -0.353 e. The molecule has 1 aliphatic rings. The normalized spacial score (nSPS) is 14.1. The van der Waals surface area contributed by atoms with Crippen molar-refractivity contribution in [2.24, 2.45) is 0 Å². The highest BCUT2D eigenvalue weighted by Crippen LogP contribution is 2.34. The molecule has 0 saturated carbocycles. The summed E-state index contributed by atoms with van der Waals surface area (Å²) < 4.78 is 0. The van der Waals surface area contributed by atoms with Crippen LogP contribution < -0.4 is 10.2 Å². The van der Waals surface area contributed by atoms with E-state index in [0.29, 0.717) is 0 Å². The zero-order chi connectivity index (χ0) is 24.8. The van der Waals surface area contributed by atoms with Gasteiger partial charge in [0, 0.05) is 48.8 Å². The lowest BCUT2D eigenvalue weighted by molar-refractivity contribution is 0.389. The molecular weight excluding hydrogens is 476 g/mol. The van der Waals surface area contributed by atoms with Crippen molar-refractivity contribution in [3.8, 4) is 0 Å². The van der Waals surface area contributed by atoms with Crippen molar-refractivity contribution >= 4 is 72.4 Å². The van der Waals surface area contributed by atoms with Gasteiger partial charge in [-0.05, 0) is 53.3 Å². The molecule has 3 heterocycles. The SMILES string of the molecule is S=C(Nc1ccc2nc3c4ccccc4c4ccccc4c3nc2c1)N1CCN(c2ccccn2)CC1. The number of fused-ring (bicyclic) bond motifs is 7. The maximum Gasteiger partial charge on any atom is 0.173 e. The Hall–Kier alpha value is -4.36. The van der Waals surface area contributed by atoms with Crippen molar-refractivity contribution in [3.05, 3.63) is 91.1 Å². The molecule has 0 bridgehead atoms. The van der Waals surface area contributed by atoms with Crippen LogP contribution >= 0.6 is 12.2 Å². The largest absolute Gasteiger partial charge is 0.353 e. The summed E-state index contributed by atoms with van der Waals surface area (Å²) in [4.78, 5) is 19.1. The summed E-state index contributed by atoms with van der Waals surface area (Å²) in [7, 11) is 0. The highest BCUT2D eigenvalue weighted by atomic mass is 32.1. The fourth-order valence-corrected chi connectivity index (χ4v) is 5.54. The first-order chi connectivity index (χ1) is 18.2. The van der Waals surface area contributed by atoms with Crippen molar-refractivity contribution in [1.29, 1.82) is 0 Å². The molecular formula is C30H24N6S. The van der Waals surface area contributed by atoms with Gasteiger partial charge in [-0.2, -0.15) is 0 Å². The van der Waals surface area contributed by atoms with Gasteiger partial charge in [-0.25, -0.2) is 15.0 Å². The third-order valence-electron chi connectivity index (χ3n) is 7.11. The molecule has 7 rings (SSSR count). The third-order valence-corrected chi connectivity index (χ3v) is 7.47. The molecule has 1 fully saturated rings. The van der Waals surface area contributed by atoms with E-state index >= 15 is 0 Å². The number of rotatable bonds is 2. The van der Waals surface area contributed by atoms with Gasteiger partial charge in [0.2, 0.25) is 0 Å². The molecule has 0 atom stereocenters. The first-order valence-corrected chi connectivity index (χ1v) is 12.9. The predicted octanol–water partition coefficient (Wildman–Crippen LogP) is 6.00. The van der Waals surface area contributed by atoms with Crippen molar-refractivity contribution in [1.82, 2.24) is 19.9 Å². The van der Waals surface area contributed by atoms with Gasteiger partial charge in [-0.3, -0.25) is 0 Å². The lowest BCUT2D eigenvalue weighted by atomic mass is 9.99. The standard InChI is InChI=1S/C30H24N6S/c37-30(36-17-15-35(16-18-36)27-11-5-6-14-31-27)32-20-12-13-25-26(19-20)34-29-24-10-4-2-8-22(24)21-7-1-3-9-23(21)28(29)33-25/h1-14,19H,15-18H2,(H,32,37). The average molecular weight is 501 g/mol. The van der Waals surface area contributed by atoms with Gasteiger partial charge in [0.05, 0.1) is 22.1 Å². The average Bonchev–Trinajstić information content (AvgIpc) is 2.97. The molecule has 0 spiro atoms. The molecule has 37 heavy (non-hydrogen) atoms. The van der Waals surface area contributed by atoms with E-state index in [1.807, 2.05) is 36.5 Å². The van der Waals surface area contributed by atoms with Crippen molar-refractivity contribution < 1.29 is 0 Å². The van der Waals surface area contributed by atoms with Crippen molar-refractivity contribution in [2.75, 3.05) is 36.4 Å². The second kappa shape index (κ2) is 8.94. The van der Waals surface area contributed by atoms with Gasteiger partial charge in [0.1, 0.15) is 5.82 Å². The van der Waals surface area contributed by atoms with Gasteiger partial charge >= 0.3 is 0 Å². The number of hydrogen-bond donors (Lipinski definition) is 1. The minimum atomic E-state index is 0.727. The highest BCUT2D eigenvalue weighted by molar-refractivity contribution is 7.80.